The summed E-state index contributed by atoms with van der Waals surface area (Å²) >= 11 is 0.500. The molecule has 0 spiro atoms. The zero-order chi connectivity index (χ0) is 30.8. The first kappa shape index (κ1) is 32.1. The van der Waals surface area contributed by atoms with Crippen LogP contribution < -0.4 is 22.5 Å². The van der Waals surface area contributed by atoms with Crippen molar-refractivity contribution >= 4 is 24.1 Å². The van der Waals surface area contributed by atoms with Crippen molar-refractivity contribution in [2.24, 2.45) is 0 Å². The molecule has 2 aliphatic heterocycles. The molecular formula is C23H31N4O13PS. The van der Waals surface area contributed by atoms with E-state index in [4.69, 9.17) is 18.5 Å². The molecule has 2 aromatic rings. The fraction of sp³-hybridized carbons (Fsp3) is 0.609. The Morgan fingerprint density at radius 2 is 1.57 bits per heavy atom. The first-order valence-corrected chi connectivity index (χ1v) is 15.9. The molecule has 2 fully saturated rings. The smallest absolute Gasteiger partial charge is 0.390 e. The van der Waals surface area contributed by atoms with Crippen LogP contribution in [0.5, 0.6) is 0 Å². The number of rotatable bonds is 11. The Bertz CT molecular complexity index is 1590. The van der Waals surface area contributed by atoms with Gasteiger partial charge in [0.1, 0.15) is 36.5 Å². The fourth-order valence-electron chi connectivity index (χ4n) is 4.40. The minimum absolute atomic E-state index is 0.0437. The van der Waals surface area contributed by atoms with E-state index in [2.05, 4.69) is 14.7 Å². The first-order chi connectivity index (χ1) is 19.8. The highest BCUT2D eigenvalue weighted by molar-refractivity contribution is 8.55. The van der Waals surface area contributed by atoms with E-state index in [-0.39, 0.29) is 24.0 Å². The van der Waals surface area contributed by atoms with Crippen molar-refractivity contribution < 1.29 is 42.8 Å². The van der Waals surface area contributed by atoms with Crippen LogP contribution in [0.25, 0.3) is 0 Å². The molecule has 42 heavy (non-hydrogen) atoms. The summed E-state index contributed by atoms with van der Waals surface area (Å²) in [6, 6.07) is 0. The van der Waals surface area contributed by atoms with Gasteiger partial charge in [-0.15, -0.1) is 0 Å². The van der Waals surface area contributed by atoms with Crippen molar-refractivity contribution in [1.82, 2.24) is 19.1 Å². The minimum atomic E-state index is -4.26. The van der Waals surface area contributed by atoms with Gasteiger partial charge in [0.05, 0.1) is 26.4 Å². The largest absolute Gasteiger partial charge is 0.468 e. The van der Waals surface area contributed by atoms with Gasteiger partial charge in [0.15, 0.2) is 0 Å². The van der Waals surface area contributed by atoms with E-state index in [9.17, 15) is 38.8 Å². The number of nitrogens with one attached hydrogen (secondary N) is 2. The van der Waals surface area contributed by atoms with Crippen molar-refractivity contribution in [2.45, 2.75) is 63.6 Å². The maximum atomic E-state index is 13.8. The van der Waals surface area contributed by atoms with Crippen LogP contribution in [0.1, 0.15) is 36.4 Å². The molecule has 0 bridgehead atoms. The van der Waals surface area contributed by atoms with Crippen molar-refractivity contribution in [3.05, 3.63) is 65.2 Å². The van der Waals surface area contributed by atoms with Crippen LogP contribution in [0.3, 0.4) is 0 Å². The number of aromatic nitrogens is 4. The van der Waals surface area contributed by atoms with Crippen molar-refractivity contribution in [3.63, 3.8) is 0 Å². The Labute approximate surface area is 241 Å². The van der Waals surface area contributed by atoms with Gasteiger partial charge in [-0.25, -0.2) is 14.2 Å². The minimum Gasteiger partial charge on any atom is -0.468 e. The summed E-state index contributed by atoms with van der Waals surface area (Å²) in [6.45, 7) is -2.34. The number of aliphatic hydroxyl groups is 2. The number of hydrogen-bond donors (Lipinski definition) is 4. The third kappa shape index (κ3) is 7.20. The maximum absolute atomic E-state index is 13.8. The number of H-pyrrole nitrogens is 2. The van der Waals surface area contributed by atoms with E-state index in [1.807, 2.05) is 0 Å². The Balaban J connectivity index is 1.50. The molecule has 4 heterocycles. The number of carbonyl (C=O) groups is 1. The zero-order valence-electron chi connectivity index (χ0n) is 22.8. The number of nitrogens with zero attached hydrogens (tertiary/aromatic N) is 2. The highest BCUT2D eigenvalue weighted by Gasteiger charge is 2.44. The Morgan fingerprint density at radius 1 is 1.02 bits per heavy atom. The Kier molecular flexibility index (Phi) is 10.1. The summed E-state index contributed by atoms with van der Waals surface area (Å²) in [7, 11) is 1.14. The van der Waals surface area contributed by atoms with E-state index in [0.29, 0.717) is 11.4 Å². The molecule has 19 heteroatoms. The van der Waals surface area contributed by atoms with Gasteiger partial charge < -0.3 is 24.4 Å². The van der Waals surface area contributed by atoms with Gasteiger partial charge in [-0.3, -0.25) is 42.5 Å². The predicted molar refractivity (Wildman–Crippen MR) is 145 cm³/mol. The molecule has 4 N–H and O–H groups in total. The molecule has 2 aliphatic rings. The van der Waals surface area contributed by atoms with Crippen LogP contribution in [0.15, 0.2) is 31.6 Å². The highest BCUT2D eigenvalue weighted by Crippen LogP contribution is 2.63. The topological polar surface area (TPSA) is 230 Å². The van der Waals surface area contributed by atoms with Crippen molar-refractivity contribution in [2.75, 3.05) is 26.1 Å². The van der Waals surface area contributed by atoms with E-state index in [1.54, 1.807) is 0 Å². The number of aryl methyl sites for hydroxylation is 2. The standard InChI is InChI=1S/C23H31N4O13PS/c1-11-6-26(22(33)24-20(11)31)17-4-13(29)16(39-17)9-37-41(35,42-10-19(30)36-3)40-14-5-18(38-15(14)8-28)27-7-12(2)21(32)25-23(27)34/h6-7,13-18,28-29H,4-5,8-10H2,1-3H3,(H,24,31,33)(H,25,32,34)/t13-,14-,15+,16+,17+,18+,41?/m0/s1. The van der Waals surface area contributed by atoms with E-state index < -0.39 is 91.1 Å². The molecule has 7 atom stereocenters. The van der Waals surface area contributed by atoms with Gasteiger partial charge in [0.25, 0.3) is 11.1 Å². The van der Waals surface area contributed by atoms with Gasteiger partial charge in [-0.05, 0) is 25.2 Å². The summed E-state index contributed by atoms with van der Waals surface area (Å²) in [5, 5.41) is 20.5. The molecule has 2 saturated heterocycles. The lowest BCUT2D eigenvalue weighted by atomic mass is 10.2. The number of methoxy groups -OCH3 is 1. The third-order valence-corrected chi connectivity index (χ3v) is 10.3. The number of carbonyl (C=O) groups excluding carboxylic acids is 1. The first-order valence-electron chi connectivity index (χ1n) is 12.7. The lowest BCUT2D eigenvalue weighted by molar-refractivity contribution is -0.137. The summed E-state index contributed by atoms with van der Waals surface area (Å²) < 4.78 is 43.5. The van der Waals surface area contributed by atoms with E-state index in [1.165, 1.54) is 26.2 Å². The van der Waals surface area contributed by atoms with Gasteiger partial charge in [0.2, 0.25) is 0 Å². The summed E-state index contributed by atoms with van der Waals surface area (Å²) in [4.78, 5) is 64.2. The summed E-state index contributed by atoms with van der Waals surface area (Å²) in [5.74, 6) is -1.16. The van der Waals surface area contributed by atoms with Crippen LogP contribution >= 0.6 is 18.2 Å². The lowest BCUT2D eigenvalue weighted by Gasteiger charge is -2.25. The zero-order valence-corrected chi connectivity index (χ0v) is 24.5. The van der Waals surface area contributed by atoms with E-state index >= 15 is 0 Å². The van der Waals surface area contributed by atoms with Crippen LogP contribution in [-0.4, -0.2) is 85.8 Å². The van der Waals surface area contributed by atoms with Crippen LogP contribution in [-0.2, 0) is 32.6 Å². The van der Waals surface area contributed by atoms with Crippen LogP contribution in [0.4, 0.5) is 0 Å². The van der Waals surface area contributed by atoms with Crippen LogP contribution in [0, 0.1) is 13.8 Å². The normalized spacial score (nSPS) is 27.2. The second-order valence-electron chi connectivity index (χ2n) is 9.67. The molecular weight excluding hydrogens is 603 g/mol. The average Bonchev–Trinajstić information content (AvgIpc) is 3.52. The fourth-order valence-corrected chi connectivity index (χ4v) is 7.57. The highest BCUT2D eigenvalue weighted by atomic mass is 32.7. The number of aliphatic hydroxyl groups excluding tert-OH is 2. The Morgan fingerprint density at radius 3 is 2.12 bits per heavy atom. The average molecular weight is 635 g/mol. The maximum Gasteiger partial charge on any atom is 0.390 e. The van der Waals surface area contributed by atoms with Crippen molar-refractivity contribution in [3.8, 4) is 0 Å². The van der Waals surface area contributed by atoms with Gasteiger partial charge in [-0.2, -0.15) is 0 Å². The quantitative estimate of drug-likeness (QED) is 0.173. The molecule has 0 radical (unpaired) electrons. The second-order valence-corrected chi connectivity index (χ2v) is 13.7. The molecule has 4 rings (SSSR count). The molecule has 1 unspecified atom stereocenters. The molecule has 0 saturated carbocycles. The molecule has 0 amide bonds. The van der Waals surface area contributed by atoms with Gasteiger partial charge in [-0.1, -0.05) is 0 Å². The lowest BCUT2D eigenvalue weighted by Crippen LogP contribution is -2.33. The Hall–Kier alpha value is -2.83. The van der Waals surface area contributed by atoms with E-state index in [0.717, 1.165) is 16.2 Å². The van der Waals surface area contributed by atoms with Gasteiger partial charge >= 0.3 is 24.1 Å². The molecule has 0 aromatic carbocycles. The predicted octanol–water partition coefficient (Wildman–Crippen LogP) is -0.952. The SMILES string of the molecule is COC(=O)CSP(=O)(OC[C@H]1O[C@@H](n2cc(C)c(=O)[nH]c2=O)C[C@@H]1O)O[C@H]1C[C@H](n2cc(C)c(=O)[nH]c2=O)O[C@@H]1CO. The second kappa shape index (κ2) is 13.2. The molecule has 2 aromatic heterocycles. The molecule has 17 nitrogen and oxygen atoms in total. The number of aromatic amines is 2. The molecule has 232 valence electrons. The number of esters is 1. The molecule has 0 aliphatic carbocycles. The monoisotopic (exact) mass is 634 g/mol. The van der Waals surface area contributed by atoms with Crippen molar-refractivity contribution in [1.29, 1.82) is 0 Å². The summed E-state index contributed by atoms with van der Waals surface area (Å²) in [5.41, 5.74) is -2.15. The summed E-state index contributed by atoms with van der Waals surface area (Å²) in [6.07, 6.45) is -3.87. The number of hydrogen-bond acceptors (Lipinski definition) is 14. The van der Waals surface area contributed by atoms with Crippen LogP contribution in [0.2, 0.25) is 0 Å². The van der Waals surface area contributed by atoms with Gasteiger partial charge in [0, 0.05) is 36.4 Å². The third-order valence-electron chi connectivity index (χ3n) is 6.71. The number of ether oxygens (including phenoxy) is 3.